The highest BCUT2D eigenvalue weighted by Crippen LogP contribution is 2.70. The molecule has 1 nitrogen and oxygen atoms in total. The summed E-state index contributed by atoms with van der Waals surface area (Å²) in [6, 6.07) is 11.6. The quantitative estimate of drug-likeness (QED) is 0.307. The van der Waals surface area contributed by atoms with Crippen molar-refractivity contribution in [1.82, 2.24) is 0 Å². The van der Waals surface area contributed by atoms with Crippen LogP contribution in [0.15, 0.2) is 184 Å². The van der Waals surface area contributed by atoms with Gasteiger partial charge in [-0.3, -0.25) is 0 Å². The van der Waals surface area contributed by atoms with Gasteiger partial charge in [-0.25, -0.2) is 0 Å². The maximum absolute atomic E-state index is 2.86. The summed E-state index contributed by atoms with van der Waals surface area (Å²) in [6.45, 7) is 0. The van der Waals surface area contributed by atoms with Crippen molar-refractivity contribution in [3.8, 4) is 0 Å². The normalized spacial score (nSPS) is 39.0. The molecule has 7 aliphatic carbocycles. The Balaban J connectivity index is 1.03. The van der Waals surface area contributed by atoms with Crippen LogP contribution in [0.4, 0.5) is 5.69 Å². The van der Waals surface area contributed by atoms with Gasteiger partial charge in [0, 0.05) is 61.1 Å². The second-order valence-electron chi connectivity index (χ2n) is 16.2. The van der Waals surface area contributed by atoms with Gasteiger partial charge in [0.05, 0.1) is 6.04 Å². The van der Waals surface area contributed by atoms with Crippen LogP contribution < -0.4 is 4.90 Å². The molecule has 1 aromatic rings. The number of hydrogen-bond donors (Lipinski definition) is 0. The van der Waals surface area contributed by atoms with Crippen LogP contribution in [0.25, 0.3) is 0 Å². The molecule has 10 atom stereocenters. The van der Waals surface area contributed by atoms with Crippen molar-refractivity contribution in [3.05, 3.63) is 184 Å². The Hall–Kier alpha value is -3.66. The van der Waals surface area contributed by atoms with E-state index >= 15 is 0 Å². The highest BCUT2D eigenvalue weighted by Gasteiger charge is 2.63. The maximum atomic E-state index is 2.86. The van der Waals surface area contributed by atoms with Gasteiger partial charge in [0.25, 0.3) is 0 Å². The van der Waals surface area contributed by atoms with E-state index < -0.39 is 0 Å². The van der Waals surface area contributed by atoms with Crippen LogP contribution >= 0.6 is 23.5 Å². The van der Waals surface area contributed by atoms with Gasteiger partial charge in [0.2, 0.25) is 0 Å². The molecular formula is C49H47NS2. The molecule has 10 unspecified atom stereocenters. The summed E-state index contributed by atoms with van der Waals surface area (Å²) in [5, 5.41) is 1.41. The van der Waals surface area contributed by atoms with E-state index in [9.17, 15) is 0 Å². The zero-order valence-electron chi connectivity index (χ0n) is 29.8. The number of benzene rings is 1. The number of hydrogen-bond acceptors (Lipinski definition) is 3. The molecule has 0 aromatic heterocycles. The van der Waals surface area contributed by atoms with Gasteiger partial charge in [-0.2, -0.15) is 0 Å². The Bertz CT molecular complexity index is 2090. The second kappa shape index (κ2) is 12.7. The molecule has 2 saturated heterocycles. The third-order valence-corrected chi connectivity index (χ3v) is 16.7. The van der Waals surface area contributed by atoms with E-state index in [0.717, 1.165) is 25.7 Å². The van der Waals surface area contributed by atoms with Crippen molar-refractivity contribution in [3.63, 3.8) is 0 Å². The molecule has 3 aliphatic heterocycles. The molecule has 0 radical (unpaired) electrons. The van der Waals surface area contributed by atoms with Crippen molar-refractivity contribution in [2.45, 2.75) is 66.7 Å². The Morgan fingerprint density at radius 2 is 1.48 bits per heavy atom. The predicted molar refractivity (Wildman–Crippen MR) is 223 cm³/mol. The summed E-state index contributed by atoms with van der Waals surface area (Å²) in [6.07, 6.45) is 56.0. The molecule has 3 heteroatoms. The van der Waals surface area contributed by atoms with E-state index in [2.05, 4.69) is 174 Å². The second-order valence-corrected chi connectivity index (χ2v) is 18.8. The van der Waals surface area contributed by atoms with Gasteiger partial charge >= 0.3 is 0 Å². The molecule has 0 N–H and O–H groups in total. The van der Waals surface area contributed by atoms with Crippen LogP contribution in [0.3, 0.4) is 0 Å². The third kappa shape index (κ3) is 4.84. The van der Waals surface area contributed by atoms with E-state index in [0.29, 0.717) is 51.4 Å². The van der Waals surface area contributed by atoms with Crippen LogP contribution in [-0.2, 0) is 0 Å². The van der Waals surface area contributed by atoms with Gasteiger partial charge in [0.15, 0.2) is 0 Å². The highest BCUT2D eigenvalue weighted by molar-refractivity contribution is 8.04. The molecule has 11 rings (SSSR count). The van der Waals surface area contributed by atoms with Gasteiger partial charge in [-0.15, -0.1) is 23.5 Å². The molecule has 1 aromatic carbocycles. The molecule has 0 saturated carbocycles. The van der Waals surface area contributed by atoms with Crippen molar-refractivity contribution >= 4 is 29.2 Å². The van der Waals surface area contributed by atoms with Crippen molar-refractivity contribution < 1.29 is 0 Å². The first-order chi connectivity index (χ1) is 25.8. The zero-order valence-corrected chi connectivity index (χ0v) is 31.4. The fourth-order valence-corrected chi connectivity index (χ4v) is 14.8. The standard InChI is InChI=1S/C49H47NS2/c1-3-13-32(14-4-1)33-24-27-47-41(29-33)49(39-18-8-11-21-45(39)51-47)40-19-9-12-22-46(40)52-48-28-25-34(30-42(48)49)35-23-26-38-37-17-7-10-20-43(37)50(44(38)31-35)36-15-5-2-6-16-36/h2-3,5-8,10-11,13-22,24-25,27-30,35,37,39,41-43,45,47-48H,1,4,9,12,23,26,31H2. The molecule has 52 heavy (non-hydrogen) atoms. The van der Waals surface area contributed by atoms with Gasteiger partial charge in [-0.1, -0.05) is 134 Å². The van der Waals surface area contributed by atoms with Crippen LogP contribution in [0.2, 0.25) is 0 Å². The zero-order chi connectivity index (χ0) is 34.2. The Labute approximate surface area is 318 Å². The topological polar surface area (TPSA) is 3.24 Å². The van der Waals surface area contributed by atoms with E-state index in [-0.39, 0.29) is 5.41 Å². The number of thioether (sulfide) groups is 2. The van der Waals surface area contributed by atoms with Gasteiger partial charge in [-0.05, 0) is 90.9 Å². The van der Waals surface area contributed by atoms with Crippen LogP contribution in [0.5, 0.6) is 0 Å². The lowest BCUT2D eigenvalue weighted by Gasteiger charge is -2.62. The summed E-state index contributed by atoms with van der Waals surface area (Å²) in [7, 11) is 0. The number of fused-ring (bicyclic) bond motifs is 10. The maximum Gasteiger partial charge on any atom is 0.0623 e. The summed E-state index contributed by atoms with van der Waals surface area (Å²) >= 11 is 4.39. The Morgan fingerprint density at radius 3 is 2.40 bits per heavy atom. The Kier molecular flexibility index (Phi) is 7.80. The summed E-state index contributed by atoms with van der Waals surface area (Å²) < 4.78 is 0. The number of nitrogens with zero attached hydrogens (tertiary/aromatic N) is 1. The van der Waals surface area contributed by atoms with E-state index in [1.165, 1.54) is 36.1 Å². The van der Waals surface area contributed by atoms with E-state index in [4.69, 9.17) is 0 Å². The predicted octanol–water partition coefficient (Wildman–Crippen LogP) is 12.1. The van der Waals surface area contributed by atoms with Crippen molar-refractivity contribution in [1.29, 1.82) is 0 Å². The average molecular weight is 714 g/mol. The fraction of sp³-hybridized carbons (Fsp3) is 0.347. The van der Waals surface area contributed by atoms with Crippen LogP contribution in [-0.4, -0.2) is 21.8 Å². The Morgan fingerprint density at radius 1 is 0.673 bits per heavy atom. The first kappa shape index (κ1) is 31.8. The minimum atomic E-state index is 0.00202. The fourth-order valence-electron chi connectivity index (χ4n) is 11.6. The summed E-state index contributed by atoms with van der Waals surface area (Å²) in [5.74, 6) is 2.36. The summed E-state index contributed by atoms with van der Waals surface area (Å²) in [4.78, 5) is 4.27. The molecular weight excluding hydrogens is 667 g/mol. The van der Waals surface area contributed by atoms with Crippen LogP contribution in [0, 0.1) is 35.0 Å². The van der Waals surface area contributed by atoms with E-state index in [1.807, 2.05) is 0 Å². The largest absolute Gasteiger partial charge is 0.337 e. The lowest BCUT2D eigenvalue weighted by atomic mass is 9.50. The van der Waals surface area contributed by atoms with Gasteiger partial charge < -0.3 is 4.90 Å². The number of para-hydroxylation sites is 1. The number of anilines is 1. The first-order valence-corrected chi connectivity index (χ1v) is 21.8. The first-order valence-electron chi connectivity index (χ1n) is 19.9. The third-order valence-electron chi connectivity index (χ3n) is 13.8. The molecule has 0 bridgehead atoms. The lowest BCUT2D eigenvalue weighted by molar-refractivity contribution is 0.113. The lowest BCUT2D eigenvalue weighted by Crippen LogP contribution is -2.59. The molecule has 0 amide bonds. The highest BCUT2D eigenvalue weighted by atomic mass is 32.2. The van der Waals surface area contributed by atoms with Gasteiger partial charge in [0.1, 0.15) is 0 Å². The van der Waals surface area contributed by atoms with Crippen LogP contribution in [0.1, 0.15) is 44.9 Å². The molecule has 3 heterocycles. The minimum Gasteiger partial charge on any atom is -0.337 e. The summed E-state index contributed by atoms with van der Waals surface area (Å²) in [5.41, 5.74) is 10.7. The monoisotopic (exact) mass is 713 g/mol. The van der Waals surface area contributed by atoms with Crippen molar-refractivity contribution in [2.75, 3.05) is 4.90 Å². The number of allylic oxidation sites excluding steroid dienone is 19. The van der Waals surface area contributed by atoms with E-state index in [1.54, 1.807) is 27.3 Å². The smallest absolute Gasteiger partial charge is 0.0623 e. The minimum absolute atomic E-state index is 0.00202. The molecule has 1 spiro atoms. The van der Waals surface area contributed by atoms with Crippen molar-refractivity contribution in [2.24, 2.45) is 35.0 Å². The molecule has 2 fully saturated rings. The molecule has 10 aliphatic rings. The SMILES string of the molecule is C1=CC2SC3C=CC(C4=CCCC=C4)=CC3C3(C4=CCCC=C4SC4C=CC(C5CCC6=C(C5)N(c5ccccc5)C5C=CC=CC65)=CC43)C2C=C1. The average Bonchev–Trinajstić information content (AvgIpc) is 3.55. The number of rotatable bonds is 3. The molecule has 260 valence electrons.